The summed E-state index contributed by atoms with van der Waals surface area (Å²) in [5, 5.41) is 7.78. The quantitative estimate of drug-likeness (QED) is 0.867. The number of carbonyl (C=O) groups is 2. The minimum Gasteiger partial charge on any atom is -0.279 e. The molecule has 0 unspecified atom stereocenters. The number of imide groups is 1. The molecule has 5 nitrogen and oxygen atoms in total. The highest BCUT2D eigenvalue weighted by molar-refractivity contribution is 6.61. The number of halogens is 2. The van der Waals surface area contributed by atoms with E-state index >= 15 is 0 Å². The number of urea groups is 1. The van der Waals surface area contributed by atoms with E-state index < -0.39 is 29.4 Å². The van der Waals surface area contributed by atoms with Crippen molar-refractivity contribution in [2.24, 2.45) is 0 Å². The van der Waals surface area contributed by atoms with E-state index in [9.17, 15) is 18.4 Å². The first-order chi connectivity index (χ1) is 10.5. The Labute approximate surface area is 123 Å². The van der Waals surface area contributed by atoms with Gasteiger partial charge in [-0.3, -0.25) is 10.2 Å². The summed E-state index contributed by atoms with van der Waals surface area (Å²) in [5.41, 5.74) is 0.216. The zero-order valence-electron chi connectivity index (χ0n) is 11.1. The van der Waals surface area contributed by atoms with Crippen LogP contribution in [0.1, 0.15) is 0 Å². The predicted octanol–water partition coefficient (Wildman–Crippen LogP) is 2.92. The molecule has 22 heavy (non-hydrogen) atoms. The van der Waals surface area contributed by atoms with Gasteiger partial charge in [0.1, 0.15) is 0 Å². The van der Waals surface area contributed by atoms with Crippen LogP contribution in [-0.2, 0) is 4.79 Å². The van der Waals surface area contributed by atoms with Crippen LogP contribution in [0.3, 0.4) is 0 Å². The summed E-state index contributed by atoms with van der Waals surface area (Å²) in [6.07, 6.45) is 0. The zero-order valence-corrected chi connectivity index (χ0v) is 11.1. The number of amidine groups is 1. The van der Waals surface area contributed by atoms with Crippen LogP contribution in [-0.4, -0.2) is 17.8 Å². The lowest BCUT2D eigenvalue weighted by atomic mass is 10.2. The molecule has 1 saturated heterocycles. The Balaban J connectivity index is 2.04. The van der Waals surface area contributed by atoms with Crippen molar-refractivity contribution in [3.05, 3.63) is 60.2 Å². The molecule has 1 N–H and O–H groups in total. The molecule has 2 aromatic rings. The van der Waals surface area contributed by atoms with Crippen molar-refractivity contribution in [3.8, 4) is 0 Å². The fourth-order valence-corrected chi connectivity index (χ4v) is 2.15. The highest BCUT2D eigenvalue weighted by atomic mass is 19.2. The van der Waals surface area contributed by atoms with Crippen molar-refractivity contribution in [2.75, 3.05) is 9.80 Å². The molecule has 1 fully saturated rings. The third-order valence-corrected chi connectivity index (χ3v) is 3.19. The summed E-state index contributed by atoms with van der Waals surface area (Å²) >= 11 is 0. The average molecular weight is 301 g/mol. The van der Waals surface area contributed by atoms with Crippen molar-refractivity contribution in [3.63, 3.8) is 0 Å². The van der Waals surface area contributed by atoms with Gasteiger partial charge in [0.25, 0.3) is 0 Å². The molecule has 1 heterocycles. The summed E-state index contributed by atoms with van der Waals surface area (Å²) in [4.78, 5) is 26.1. The monoisotopic (exact) mass is 301 g/mol. The summed E-state index contributed by atoms with van der Waals surface area (Å²) in [6.45, 7) is 0. The fourth-order valence-electron chi connectivity index (χ4n) is 2.15. The molecule has 2 aromatic carbocycles. The van der Waals surface area contributed by atoms with Crippen molar-refractivity contribution < 1.29 is 18.4 Å². The van der Waals surface area contributed by atoms with Crippen LogP contribution in [0.25, 0.3) is 0 Å². The van der Waals surface area contributed by atoms with Crippen LogP contribution in [0.5, 0.6) is 0 Å². The van der Waals surface area contributed by atoms with Gasteiger partial charge >= 0.3 is 11.9 Å². The molecule has 1 aliphatic heterocycles. The number of para-hydroxylation sites is 1. The number of rotatable bonds is 2. The first kappa shape index (κ1) is 13.9. The second kappa shape index (κ2) is 5.03. The second-order valence-electron chi connectivity index (χ2n) is 4.54. The zero-order chi connectivity index (χ0) is 15.9. The molecular formula is C15H9F2N3O2. The number of amides is 3. The van der Waals surface area contributed by atoms with Gasteiger partial charge in [-0.2, -0.15) is 0 Å². The summed E-state index contributed by atoms with van der Waals surface area (Å²) in [5.74, 6) is -3.70. The van der Waals surface area contributed by atoms with Crippen molar-refractivity contribution in [1.82, 2.24) is 0 Å². The number of hydrogen-bond acceptors (Lipinski definition) is 3. The third-order valence-electron chi connectivity index (χ3n) is 3.19. The molecule has 7 heteroatoms. The Bertz CT molecular complexity index is 793. The van der Waals surface area contributed by atoms with E-state index in [0.29, 0.717) is 5.69 Å². The maximum absolute atomic E-state index is 13.3. The van der Waals surface area contributed by atoms with Gasteiger partial charge in [-0.25, -0.2) is 23.4 Å². The molecular weight excluding hydrogens is 292 g/mol. The van der Waals surface area contributed by atoms with E-state index in [2.05, 4.69) is 0 Å². The lowest BCUT2D eigenvalue weighted by Gasteiger charge is -2.16. The molecule has 3 amide bonds. The van der Waals surface area contributed by atoms with E-state index in [4.69, 9.17) is 5.41 Å². The molecule has 0 aromatic heterocycles. The van der Waals surface area contributed by atoms with Crippen LogP contribution in [0.2, 0.25) is 0 Å². The van der Waals surface area contributed by atoms with E-state index in [0.717, 1.165) is 28.0 Å². The Morgan fingerprint density at radius 2 is 1.50 bits per heavy atom. The number of anilines is 2. The van der Waals surface area contributed by atoms with Crippen LogP contribution < -0.4 is 9.80 Å². The minimum absolute atomic E-state index is 0.0827. The molecule has 110 valence electrons. The van der Waals surface area contributed by atoms with Gasteiger partial charge in [0.05, 0.1) is 11.4 Å². The largest absolute Gasteiger partial charge is 0.342 e. The van der Waals surface area contributed by atoms with Gasteiger partial charge in [0.15, 0.2) is 11.6 Å². The maximum atomic E-state index is 13.3. The molecule has 0 aliphatic carbocycles. The Kier molecular flexibility index (Phi) is 3.17. The van der Waals surface area contributed by atoms with Gasteiger partial charge in [0, 0.05) is 6.07 Å². The van der Waals surface area contributed by atoms with Crippen LogP contribution in [0.4, 0.5) is 25.0 Å². The Hall–Kier alpha value is -3.09. The van der Waals surface area contributed by atoms with Crippen LogP contribution in [0.15, 0.2) is 48.5 Å². The minimum atomic E-state index is -1.16. The number of nitrogens with zero attached hydrogens (tertiary/aromatic N) is 2. The van der Waals surface area contributed by atoms with E-state index in [1.807, 2.05) is 0 Å². The third kappa shape index (κ3) is 2.03. The smallest absolute Gasteiger partial charge is 0.279 e. The lowest BCUT2D eigenvalue weighted by Crippen LogP contribution is -2.33. The molecule has 0 radical (unpaired) electrons. The number of hydrogen-bond donors (Lipinski definition) is 1. The maximum Gasteiger partial charge on any atom is 0.342 e. The second-order valence-corrected chi connectivity index (χ2v) is 4.54. The highest BCUT2D eigenvalue weighted by Gasteiger charge is 2.43. The standard InChI is InChI=1S/C15H9F2N3O2/c16-11-7-6-10(8-12(11)17)19-13(18)14(21)20(15(19)22)9-4-2-1-3-5-9/h1-8,18H. The van der Waals surface area contributed by atoms with E-state index in [-0.39, 0.29) is 5.69 Å². The van der Waals surface area contributed by atoms with E-state index in [1.165, 1.54) is 12.1 Å². The van der Waals surface area contributed by atoms with E-state index in [1.54, 1.807) is 18.2 Å². The topological polar surface area (TPSA) is 64.5 Å². The van der Waals surface area contributed by atoms with Gasteiger partial charge in [0.2, 0.25) is 5.84 Å². The molecule has 0 bridgehead atoms. The molecule has 1 aliphatic rings. The highest BCUT2D eigenvalue weighted by Crippen LogP contribution is 2.27. The first-order valence-corrected chi connectivity index (χ1v) is 6.28. The van der Waals surface area contributed by atoms with Crippen LogP contribution in [0, 0.1) is 17.0 Å². The van der Waals surface area contributed by atoms with Gasteiger partial charge < -0.3 is 0 Å². The van der Waals surface area contributed by atoms with Gasteiger partial charge in [-0.1, -0.05) is 18.2 Å². The number of benzene rings is 2. The van der Waals surface area contributed by atoms with Gasteiger partial charge in [-0.05, 0) is 24.3 Å². The molecule has 3 rings (SSSR count). The molecule has 0 saturated carbocycles. The first-order valence-electron chi connectivity index (χ1n) is 6.28. The van der Waals surface area contributed by atoms with Gasteiger partial charge in [-0.15, -0.1) is 0 Å². The number of carbonyl (C=O) groups excluding carboxylic acids is 2. The Morgan fingerprint density at radius 3 is 2.14 bits per heavy atom. The summed E-state index contributed by atoms with van der Waals surface area (Å²) < 4.78 is 26.3. The normalized spacial score (nSPS) is 14.9. The summed E-state index contributed by atoms with van der Waals surface area (Å²) in [7, 11) is 0. The average Bonchev–Trinajstić information content (AvgIpc) is 2.73. The predicted molar refractivity (Wildman–Crippen MR) is 75.9 cm³/mol. The Morgan fingerprint density at radius 1 is 0.818 bits per heavy atom. The number of nitrogens with one attached hydrogen (secondary N) is 1. The fraction of sp³-hybridized carbons (Fsp3) is 0. The lowest BCUT2D eigenvalue weighted by molar-refractivity contribution is -0.111. The SMILES string of the molecule is N=C1C(=O)N(c2ccccc2)C(=O)N1c1ccc(F)c(F)c1. The van der Waals surface area contributed by atoms with Crippen molar-refractivity contribution >= 4 is 29.1 Å². The van der Waals surface area contributed by atoms with Crippen molar-refractivity contribution in [2.45, 2.75) is 0 Å². The molecule has 0 atom stereocenters. The van der Waals surface area contributed by atoms with Crippen molar-refractivity contribution in [1.29, 1.82) is 5.41 Å². The van der Waals surface area contributed by atoms with Crippen LogP contribution >= 0.6 is 0 Å². The molecule has 0 spiro atoms. The summed E-state index contributed by atoms with van der Waals surface area (Å²) in [6, 6.07) is 9.99.